The van der Waals surface area contributed by atoms with Gasteiger partial charge in [0.15, 0.2) is 0 Å². The molecule has 1 aliphatic rings. The maximum Gasteiger partial charge on any atom is 0.119 e. The molecule has 152 valence electrons. The van der Waals surface area contributed by atoms with Gasteiger partial charge in [-0.2, -0.15) is 0 Å². The second kappa shape index (κ2) is 15.4. The molecule has 0 heterocycles. The summed E-state index contributed by atoms with van der Waals surface area (Å²) in [4.78, 5) is 20.6. The first-order chi connectivity index (χ1) is 12.7. The van der Waals surface area contributed by atoms with Crippen LogP contribution in [0.25, 0.3) is 0 Å². The minimum atomic E-state index is 0.661. The molecule has 0 spiro atoms. The maximum absolute atomic E-state index is 10.3. The lowest BCUT2D eigenvalue weighted by Gasteiger charge is -2.30. The molecule has 1 unspecified atom stereocenters. The molecular weight excluding hydrogens is 320 g/mol. The summed E-state index contributed by atoms with van der Waals surface area (Å²) in [6, 6.07) is 0. The molecule has 0 aromatic carbocycles. The maximum atomic E-state index is 10.3. The van der Waals surface area contributed by atoms with Crippen molar-refractivity contribution in [2.24, 2.45) is 11.3 Å². The highest BCUT2D eigenvalue weighted by atomic mass is 16.1. The van der Waals surface area contributed by atoms with Gasteiger partial charge in [-0.25, -0.2) is 0 Å². The first-order valence-electron chi connectivity index (χ1n) is 11.6. The van der Waals surface area contributed by atoms with E-state index in [4.69, 9.17) is 0 Å². The number of aldehydes is 2. The molecule has 1 aliphatic carbocycles. The molecule has 0 aromatic rings. The van der Waals surface area contributed by atoms with Crippen LogP contribution in [-0.2, 0) is 9.59 Å². The molecular formula is C24H44O2. The summed E-state index contributed by atoms with van der Waals surface area (Å²) in [5.74, 6) is 0.932. The summed E-state index contributed by atoms with van der Waals surface area (Å²) in [6.45, 7) is 2.45. The highest BCUT2D eigenvalue weighted by Gasteiger charge is 2.35. The molecule has 1 rings (SSSR count). The zero-order chi connectivity index (χ0) is 18.9. The van der Waals surface area contributed by atoms with E-state index in [-0.39, 0.29) is 0 Å². The Balaban J connectivity index is 2.11. The van der Waals surface area contributed by atoms with Gasteiger partial charge in [-0.15, -0.1) is 0 Å². The quantitative estimate of drug-likeness (QED) is 0.187. The molecule has 2 heteroatoms. The van der Waals surface area contributed by atoms with Crippen molar-refractivity contribution in [3.63, 3.8) is 0 Å². The van der Waals surface area contributed by atoms with Crippen molar-refractivity contribution in [3.8, 4) is 0 Å². The fourth-order valence-corrected chi connectivity index (χ4v) is 4.94. The van der Waals surface area contributed by atoms with Crippen molar-refractivity contribution in [3.05, 3.63) is 0 Å². The number of unbranched alkanes of at least 4 members (excludes halogenated alkanes) is 12. The molecule has 2 nitrogen and oxygen atoms in total. The minimum absolute atomic E-state index is 0.661. The van der Waals surface area contributed by atoms with Crippen LogP contribution in [-0.4, -0.2) is 12.6 Å². The molecule has 0 N–H and O–H groups in total. The second-order valence-electron chi connectivity index (χ2n) is 9.00. The summed E-state index contributed by atoms with van der Waals surface area (Å²) in [6.07, 6.45) is 26.4. The van der Waals surface area contributed by atoms with Crippen LogP contribution in [0.4, 0.5) is 0 Å². The lowest BCUT2D eigenvalue weighted by molar-refractivity contribution is -0.108. The van der Waals surface area contributed by atoms with Gasteiger partial charge >= 0.3 is 0 Å². The van der Waals surface area contributed by atoms with Crippen LogP contribution in [0, 0.1) is 11.3 Å². The minimum Gasteiger partial charge on any atom is -0.303 e. The molecule has 1 fully saturated rings. The van der Waals surface area contributed by atoms with Gasteiger partial charge in [-0.05, 0) is 49.9 Å². The molecule has 0 aliphatic heterocycles. The van der Waals surface area contributed by atoms with Crippen molar-refractivity contribution >= 4 is 12.6 Å². The Labute approximate surface area is 162 Å². The smallest absolute Gasteiger partial charge is 0.119 e. The highest BCUT2D eigenvalue weighted by molar-refractivity contribution is 5.49. The van der Waals surface area contributed by atoms with Gasteiger partial charge in [0.25, 0.3) is 0 Å². The summed E-state index contributed by atoms with van der Waals surface area (Å²) < 4.78 is 0. The van der Waals surface area contributed by atoms with E-state index >= 15 is 0 Å². The first kappa shape index (κ1) is 23.4. The average Bonchev–Trinajstić information content (AvgIpc) is 3.01. The normalized spacial score (nSPS) is 18.9. The Morgan fingerprint density at radius 3 is 1.50 bits per heavy atom. The van der Waals surface area contributed by atoms with Gasteiger partial charge in [0.05, 0.1) is 0 Å². The Morgan fingerprint density at radius 2 is 1.12 bits per heavy atom. The van der Waals surface area contributed by atoms with Gasteiger partial charge in [-0.3, -0.25) is 0 Å². The molecule has 0 amide bonds. The Hall–Kier alpha value is -0.660. The zero-order valence-corrected chi connectivity index (χ0v) is 17.5. The van der Waals surface area contributed by atoms with Gasteiger partial charge in [0.1, 0.15) is 12.6 Å². The Bertz CT molecular complexity index is 326. The predicted octanol–water partition coefficient (Wildman–Crippen LogP) is 7.43. The largest absolute Gasteiger partial charge is 0.303 e. The van der Waals surface area contributed by atoms with Gasteiger partial charge in [-0.1, -0.05) is 77.6 Å². The van der Waals surface area contributed by atoms with Gasteiger partial charge in [0, 0.05) is 12.8 Å². The van der Waals surface area contributed by atoms with E-state index in [0.717, 1.165) is 44.2 Å². The van der Waals surface area contributed by atoms with Crippen LogP contribution in [0.3, 0.4) is 0 Å². The topological polar surface area (TPSA) is 34.1 Å². The molecule has 0 bridgehead atoms. The highest BCUT2D eigenvalue weighted by Crippen LogP contribution is 2.48. The van der Waals surface area contributed by atoms with Crippen molar-refractivity contribution in [2.75, 3.05) is 0 Å². The SMILES string of the molecule is CC1CCC(CCCCCCCCC=O)(CCCCCCCCC=O)C1. The standard InChI is InChI=1S/C24H44O2/c1-23-16-19-24(22-23,17-12-8-4-2-6-10-14-20-25)18-13-9-5-3-7-11-15-21-26/h20-21,23H,2-19,22H2,1H3. The summed E-state index contributed by atoms with van der Waals surface area (Å²) in [7, 11) is 0. The number of hydrogen-bond acceptors (Lipinski definition) is 2. The summed E-state index contributed by atoms with van der Waals surface area (Å²) in [5, 5.41) is 0. The third kappa shape index (κ3) is 11.1. The van der Waals surface area contributed by atoms with Crippen molar-refractivity contribution in [2.45, 2.75) is 129 Å². The van der Waals surface area contributed by atoms with E-state index < -0.39 is 0 Å². The van der Waals surface area contributed by atoms with E-state index in [9.17, 15) is 9.59 Å². The van der Waals surface area contributed by atoms with E-state index in [1.165, 1.54) is 96.3 Å². The monoisotopic (exact) mass is 364 g/mol. The summed E-state index contributed by atoms with van der Waals surface area (Å²) >= 11 is 0. The van der Waals surface area contributed by atoms with Crippen LogP contribution in [0.15, 0.2) is 0 Å². The van der Waals surface area contributed by atoms with Crippen molar-refractivity contribution < 1.29 is 9.59 Å². The Kier molecular flexibility index (Phi) is 13.9. The van der Waals surface area contributed by atoms with Crippen molar-refractivity contribution in [1.29, 1.82) is 0 Å². The molecule has 26 heavy (non-hydrogen) atoms. The average molecular weight is 365 g/mol. The number of rotatable bonds is 18. The fraction of sp³-hybridized carbons (Fsp3) is 0.917. The first-order valence-corrected chi connectivity index (χ1v) is 11.6. The van der Waals surface area contributed by atoms with Crippen LogP contribution in [0.2, 0.25) is 0 Å². The predicted molar refractivity (Wildman–Crippen MR) is 111 cm³/mol. The third-order valence-corrected chi connectivity index (χ3v) is 6.51. The van der Waals surface area contributed by atoms with E-state index in [1.807, 2.05) is 0 Å². The van der Waals surface area contributed by atoms with Crippen LogP contribution < -0.4 is 0 Å². The number of hydrogen-bond donors (Lipinski definition) is 0. The van der Waals surface area contributed by atoms with Crippen LogP contribution in [0.1, 0.15) is 129 Å². The fourth-order valence-electron chi connectivity index (χ4n) is 4.94. The molecule has 0 aromatic heterocycles. The second-order valence-corrected chi connectivity index (χ2v) is 9.00. The van der Waals surface area contributed by atoms with E-state index in [0.29, 0.717) is 5.41 Å². The van der Waals surface area contributed by atoms with E-state index in [1.54, 1.807) is 0 Å². The Morgan fingerprint density at radius 1 is 0.692 bits per heavy atom. The lowest BCUT2D eigenvalue weighted by atomic mass is 9.76. The zero-order valence-electron chi connectivity index (χ0n) is 17.5. The van der Waals surface area contributed by atoms with Crippen LogP contribution >= 0.6 is 0 Å². The molecule has 0 saturated heterocycles. The third-order valence-electron chi connectivity index (χ3n) is 6.51. The number of carbonyl (C=O) groups excluding carboxylic acids is 2. The van der Waals surface area contributed by atoms with Gasteiger partial charge in [0.2, 0.25) is 0 Å². The molecule has 0 radical (unpaired) electrons. The summed E-state index contributed by atoms with van der Waals surface area (Å²) in [5.41, 5.74) is 0.661. The van der Waals surface area contributed by atoms with Gasteiger partial charge < -0.3 is 9.59 Å². The lowest BCUT2D eigenvalue weighted by Crippen LogP contribution is -2.17. The van der Waals surface area contributed by atoms with E-state index in [2.05, 4.69) is 6.92 Å². The van der Waals surface area contributed by atoms with Crippen molar-refractivity contribution in [1.82, 2.24) is 0 Å². The van der Waals surface area contributed by atoms with Crippen LogP contribution in [0.5, 0.6) is 0 Å². The molecule has 1 atom stereocenters. The number of carbonyl (C=O) groups is 2. The molecule has 1 saturated carbocycles.